The number of ether oxygens (including phenoxy) is 1. The second-order valence-corrected chi connectivity index (χ2v) is 7.35. The number of nitrogens with one attached hydrogen (secondary N) is 1. The number of fused-ring (bicyclic) bond motifs is 1. The van der Waals surface area contributed by atoms with Gasteiger partial charge in [0.2, 0.25) is 0 Å². The molecular weight excluding hydrogens is 390 g/mol. The zero-order chi connectivity index (χ0) is 21.1. The van der Waals surface area contributed by atoms with E-state index in [2.05, 4.69) is 20.3 Å². The fourth-order valence-electron chi connectivity index (χ4n) is 3.12. The van der Waals surface area contributed by atoms with E-state index in [0.29, 0.717) is 35.0 Å². The van der Waals surface area contributed by atoms with Crippen LogP contribution in [0.3, 0.4) is 0 Å². The van der Waals surface area contributed by atoms with Crippen LogP contribution in [0.5, 0.6) is 0 Å². The Hall–Kier alpha value is -3.16. The molecule has 1 fully saturated rings. The molecule has 0 radical (unpaired) electrons. The molecule has 1 aliphatic rings. The topological polar surface area (TPSA) is 77.0 Å². The van der Waals surface area contributed by atoms with Gasteiger partial charge in [-0.1, -0.05) is 19.4 Å². The monoisotopic (exact) mass is 412 g/mol. The van der Waals surface area contributed by atoms with Crippen molar-refractivity contribution >= 4 is 17.1 Å². The Kier molecular flexibility index (Phi) is 5.57. The summed E-state index contributed by atoms with van der Waals surface area (Å²) in [5.41, 5.74) is 2.60. The van der Waals surface area contributed by atoms with Crippen molar-refractivity contribution in [3.8, 4) is 11.4 Å². The van der Waals surface area contributed by atoms with E-state index in [-0.39, 0.29) is 13.0 Å². The van der Waals surface area contributed by atoms with Crippen molar-refractivity contribution in [3.05, 3.63) is 53.9 Å². The highest BCUT2D eigenvalue weighted by Crippen LogP contribution is 2.55. The maximum absolute atomic E-state index is 13.4. The molecular formula is C22H22F2N4O2. The summed E-state index contributed by atoms with van der Waals surface area (Å²) in [6.45, 7) is 2.63. The number of alkyl halides is 2. The first-order valence-corrected chi connectivity index (χ1v) is 9.99. The molecule has 1 saturated carbocycles. The molecule has 8 heteroatoms. The van der Waals surface area contributed by atoms with Crippen LogP contribution in [0.2, 0.25) is 0 Å². The molecule has 30 heavy (non-hydrogen) atoms. The van der Waals surface area contributed by atoms with Crippen molar-refractivity contribution in [2.45, 2.75) is 44.6 Å². The lowest BCUT2D eigenvalue weighted by Gasteiger charge is -2.08. The maximum Gasteiger partial charge on any atom is 0.407 e. The van der Waals surface area contributed by atoms with E-state index in [9.17, 15) is 13.6 Å². The lowest BCUT2D eigenvalue weighted by Crippen LogP contribution is -2.24. The molecule has 3 heterocycles. The van der Waals surface area contributed by atoms with Gasteiger partial charge in [0, 0.05) is 11.8 Å². The van der Waals surface area contributed by atoms with Gasteiger partial charge < -0.3 is 10.1 Å². The van der Waals surface area contributed by atoms with Crippen molar-refractivity contribution in [2.24, 2.45) is 0 Å². The minimum atomic E-state index is -2.66. The molecule has 1 aliphatic carbocycles. The molecule has 0 spiro atoms. The first-order chi connectivity index (χ1) is 14.5. The predicted molar refractivity (Wildman–Crippen MR) is 108 cm³/mol. The fourth-order valence-corrected chi connectivity index (χ4v) is 3.12. The number of unbranched alkanes of at least 4 members (excludes halogenated alkanes) is 1. The molecule has 1 N–H and O–H groups in total. The van der Waals surface area contributed by atoms with Crippen molar-refractivity contribution < 1.29 is 18.3 Å². The predicted octanol–water partition coefficient (Wildman–Crippen LogP) is 4.84. The van der Waals surface area contributed by atoms with Crippen LogP contribution in [0.15, 0.2) is 42.5 Å². The number of nitrogens with zero attached hydrogens (tertiary/aromatic N) is 3. The van der Waals surface area contributed by atoms with Gasteiger partial charge in [0.05, 0.1) is 41.8 Å². The largest absolute Gasteiger partial charge is 0.450 e. The number of hydrogen-bond acceptors (Lipinski definition) is 5. The molecule has 0 saturated heterocycles. The number of amides is 1. The van der Waals surface area contributed by atoms with Gasteiger partial charge in [-0.2, -0.15) is 0 Å². The van der Waals surface area contributed by atoms with E-state index in [1.54, 1.807) is 24.3 Å². The maximum atomic E-state index is 13.4. The summed E-state index contributed by atoms with van der Waals surface area (Å²) in [5.74, 6) is -3.48. The lowest BCUT2D eigenvalue weighted by atomic mass is 10.1. The Bertz CT molecular complexity index is 1070. The normalized spacial score (nSPS) is 17.0. The van der Waals surface area contributed by atoms with E-state index in [1.807, 2.05) is 25.1 Å². The summed E-state index contributed by atoms with van der Waals surface area (Å²) in [6.07, 6.45) is 1.13. The van der Waals surface area contributed by atoms with Crippen LogP contribution in [-0.4, -0.2) is 33.6 Å². The molecule has 1 atom stereocenters. The Labute approximate surface area is 172 Å². The highest BCUT2D eigenvalue weighted by atomic mass is 19.3. The Balaban J connectivity index is 1.50. The van der Waals surface area contributed by atoms with E-state index in [0.717, 1.165) is 18.2 Å². The molecule has 156 valence electrons. The van der Waals surface area contributed by atoms with Gasteiger partial charge in [0.15, 0.2) is 5.65 Å². The molecule has 0 aromatic carbocycles. The highest BCUT2D eigenvalue weighted by molar-refractivity contribution is 5.78. The molecule has 3 aromatic rings. The number of carbonyl (C=O) groups is 1. The number of rotatable bonds is 7. The molecule has 6 nitrogen and oxygen atoms in total. The van der Waals surface area contributed by atoms with Gasteiger partial charge in [-0.05, 0) is 42.8 Å². The average molecular weight is 412 g/mol. The van der Waals surface area contributed by atoms with Gasteiger partial charge >= 0.3 is 6.09 Å². The minimum Gasteiger partial charge on any atom is -0.450 e. The first kappa shape index (κ1) is 20.1. The molecule has 4 rings (SSSR count). The van der Waals surface area contributed by atoms with Crippen molar-refractivity contribution in [1.29, 1.82) is 0 Å². The summed E-state index contributed by atoms with van der Waals surface area (Å²) in [6, 6.07) is 12.4. The third kappa shape index (κ3) is 4.53. The van der Waals surface area contributed by atoms with E-state index in [4.69, 9.17) is 4.74 Å². The van der Waals surface area contributed by atoms with Gasteiger partial charge in [-0.25, -0.2) is 23.5 Å². The third-order valence-electron chi connectivity index (χ3n) is 4.97. The third-order valence-corrected chi connectivity index (χ3v) is 4.97. The summed E-state index contributed by atoms with van der Waals surface area (Å²) in [5, 5.41) is 3.50. The van der Waals surface area contributed by atoms with Crippen LogP contribution in [0.25, 0.3) is 22.4 Å². The fraction of sp³-hybridized carbons (Fsp3) is 0.364. The summed E-state index contributed by atoms with van der Waals surface area (Å²) in [4.78, 5) is 25.1. The Morgan fingerprint density at radius 2 is 1.90 bits per heavy atom. The van der Waals surface area contributed by atoms with Gasteiger partial charge in [-0.15, -0.1) is 0 Å². The van der Waals surface area contributed by atoms with Gasteiger partial charge in [-0.3, -0.25) is 4.98 Å². The molecule has 0 aliphatic heterocycles. The second kappa shape index (κ2) is 8.30. The molecule has 1 unspecified atom stereocenters. The van der Waals surface area contributed by atoms with Crippen LogP contribution >= 0.6 is 0 Å². The first-order valence-electron chi connectivity index (χ1n) is 9.99. The SMILES string of the molecule is CCCCOC(=O)NCc1ccc2ccc(-c3cccc(C4CC4(F)F)n3)nc2n1. The molecule has 1 amide bonds. The van der Waals surface area contributed by atoms with Crippen LogP contribution in [0.4, 0.5) is 13.6 Å². The molecule has 3 aromatic heterocycles. The minimum absolute atomic E-state index is 0.159. The zero-order valence-electron chi connectivity index (χ0n) is 16.6. The summed E-state index contributed by atoms with van der Waals surface area (Å²) >= 11 is 0. The van der Waals surface area contributed by atoms with Crippen LogP contribution < -0.4 is 5.32 Å². The van der Waals surface area contributed by atoms with E-state index in [1.165, 1.54) is 0 Å². The van der Waals surface area contributed by atoms with Crippen LogP contribution in [0.1, 0.15) is 43.5 Å². The van der Waals surface area contributed by atoms with Gasteiger partial charge in [0.25, 0.3) is 5.92 Å². The number of carbonyl (C=O) groups excluding carboxylic acids is 1. The highest BCUT2D eigenvalue weighted by Gasteiger charge is 2.58. The van der Waals surface area contributed by atoms with Crippen molar-refractivity contribution in [2.75, 3.05) is 6.61 Å². The number of halogens is 2. The number of aromatic nitrogens is 3. The standard InChI is InChI=1S/C22H22F2N4O2/c1-2-3-11-30-21(29)25-13-15-9-7-14-8-10-19(28-20(14)26-15)18-6-4-5-17(27-18)16-12-22(16,23)24/h4-10,16H,2-3,11-13H2,1H3,(H,25,29). The Morgan fingerprint density at radius 3 is 2.67 bits per heavy atom. The number of alkyl carbamates (subject to hydrolysis) is 1. The molecule has 0 bridgehead atoms. The number of pyridine rings is 3. The Morgan fingerprint density at radius 1 is 1.13 bits per heavy atom. The zero-order valence-corrected chi connectivity index (χ0v) is 16.6. The van der Waals surface area contributed by atoms with Crippen LogP contribution in [0, 0.1) is 0 Å². The summed E-state index contributed by atoms with van der Waals surface area (Å²) < 4.78 is 31.8. The van der Waals surface area contributed by atoms with Crippen molar-refractivity contribution in [1.82, 2.24) is 20.3 Å². The summed E-state index contributed by atoms with van der Waals surface area (Å²) in [7, 11) is 0. The quantitative estimate of drug-likeness (QED) is 0.562. The van der Waals surface area contributed by atoms with E-state index >= 15 is 0 Å². The lowest BCUT2D eigenvalue weighted by molar-refractivity contribution is 0.111. The average Bonchev–Trinajstić information content (AvgIpc) is 3.40. The smallest absolute Gasteiger partial charge is 0.407 e. The van der Waals surface area contributed by atoms with Crippen molar-refractivity contribution in [3.63, 3.8) is 0 Å². The van der Waals surface area contributed by atoms with Gasteiger partial charge in [0.1, 0.15) is 0 Å². The number of hydrogen-bond donors (Lipinski definition) is 1. The van der Waals surface area contributed by atoms with Crippen LogP contribution in [-0.2, 0) is 11.3 Å². The second-order valence-electron chi connectivity index (χ2n) is 7.35. The van der Waals surface area contributed by atoms with E-state index < -0.39 is 17.9 Å².